The molecule has 0 radical (unpaired) electrons. The number of hydrogen-bond acceptors (Lipinski definition) is 5. The molecular weight excluding hydrogens is 486 g/mol. The van der Waals surface area contributed by atoms with Gasteiger partial charge in [0.1, 0.15) is 5.58 Å². The molecule has 0 saturated carbocycles. The summed E-state index contributed by atoms with van der Waals surface area (Å²) in [4.78, 5) is 28.9. The zero-order chi connectivity index (χ0) is 22.7. The van der Waals surface area contributed by atoms with Gasteiger partial charge in [-0.15, -0.1) is 0 Å². The molecule has 0 unspecified atom stereocenters. The van der Waals surface area contributed by atoms with Crippen molar-refractivity contribution < 1.29 is 18.7 Å². The summed E-state index contributed by atoms with van der Waals surface area (Å²) in [5.74, 6) is 1.12. The summed E-state index contributed by atoms with van der Waals surface area (Å²) in [6, 6.07) is 18.1. The molecule has 1 amide bonds. The molecule has 6 nitrogen and oxygen atoms in total. The van der Waals surface area contributed by atoms with Crippen LogP contribution in [0.1, 0.15) is 38.9 Å². The Kier molecular flexibility index (Phi) is 4.55. The van der Waals surface area contributed by atoms with Crippen LogP contribution in [-0.2, 0) is 6.54 Å². The van der Waals surface area contributed by atoms with Gasteiger partial charge >= 0.3 is 0 Å². The highest BCUT2D eigenvalue weighted by atomic mass is 79.9. The smallest absolute Gasteiger partial charge is 0.291 e. The van der Waals surface area contributed by atoms with Crippen LogP contribution in [0.4, 0.5) is 0 Å². The van der Waals surface area contributed by atoms with Gasteiger partial charge in [0.25, 0.3) is 5.91 Å². The van der Waals surface area contributed by atoms with Crippen molar-refractivity contribution >= 4 is 32.8 Å². The van der Waals surface area contributed by atoms with Crippen LogP contribution in [0.2, 0.25) is 0 Å². The summed E-state index contributed by atoms with van der Waals surface area (Å²) in [6.07, 6.45) is 0. The van der Waals surface area contributed by atoms with Crippen molar-refractivity contribution in [2.75, 3.05) is 6.79 Å². The fourth-order valence-corrected chi connectivity index (χ4v) is 4.79. The SMILES string of the molecule is Cc1ccc2oc3c(c(=O)c2c1)[C@H](c1ccc(Br)cc1)N(Cc1ccc2c(c1)OCO2)C3=O. The highest BCUT2D eigenvalue weighted by Gasteiger charge is 2.42. The number of nitrogens with zero attached hydrogens (tertiary/aromatic N) is 1. The van der Waals surface area contributed by atoms with Crippen LogP contribution in [0.3, 0.4) is 0 Å². The zero-order valence-electron chi connectivity index (χ0n) is 17.6. The molecule has 2 aliphatic rings. The van der Waals surface area contributed by atoms with Crippen molar-refractivity contribution in [3.05, 3.63) is 103 Å². The minimum absolute atomic E-state index is 0.102. The Labute approximate surface area is 197 Å². The average Bonchev–Trinajstić information content (AvgIpc) is 3.38. The number of carbonyl (C=O) groups excluding carboxylic acids is 1. The molecule has 3 heterocycles. The fraction of sp³-hybridized carbons (Fsp3) is 0.154. The Bertz CT molecular complexity index is 1490. The predicted molar refractivity (Wildman–Crippen MR) is 126 cm³/mol. The van der Waals surface area contributed by atoms with Gasteiger partial charge in [-0.05, 0) is 54.4 Å². The Morgan fingerprint density at radius 3 is 2.58 bits per heavy atom. The summed E-state index contributed by atoms with van der Waals surface area (Å²) in [7, 11) is 0. The summed E-state index contributed by atoms with van der Waals surface area (Å²) >= 11 is 3.46. The van der Waals surface area contributed by atoms with Gasteiger partial charge in [-0.3, -0.25) is 9.59 Å². The summed E-state index contributed by atoms with van der Waals surface area (Å²) in [5, 5.41) is 0.480. The third kappa shape index (κ3) is 3.23. The first-order valence-corrected chi connectivity index (χ1v) is 11.3. The van der Waals surface area contributed by atoms with Crippen LogP contribution in [0, 0.1) is 6.92 Å². The molecule has 1 aromatic heterocycles. The summed E-state index contributed by atoms with van der Waals surface area (Å²) in [6.45, 7) is 2.39. The number of carbonyl (C=O) groups is 1. The molecule has 3 aromatic carbocycles. The average molecular weight is 504 g/mol. The second-order valence-corrected chi connectivity index (χ2v) is 9.16. The lowest BCUT2D eigenvalue weighted by atomic mass is 9.98. The van der Waals surface area contributed by atoms with E-state index in [1.54, 1.807) is 11.0 Å². The van der Waals surface area contributed by atoms with Gasteiger partial charge in [0, 0.05) is 11.0 Å². The van der Waals surface area contributed by atoms with Crippen LogP contribution >= 0.6 is 15.9 Å². The number of halogens is 1. The van der Waals surface area contributed by atoms with Crippen LogP contribution in [-0.4, -0.2) is 17.6 Å². The lowest BCUT2D eigenvalue weighted by Crippen LogP contribution is -2.29. The van der Waals surface area contributed by atoms with Crippen molar-refractivity contribution in [1.29, 1.82) is 0 Å². The topological polar surface area (TPSA) is 69.0 Å². The molecule has 0 N–H and O–H groups in total. The molecule has 1 atom stereocenters. The quantitative estimate of drug-likeness (QED) is 0.377. The molecule has 0 aliphatic carbocycles. The number of benzene rings is 3. The van der Waals surface area contributed by atoms with Crippen molar-refractivity contribution in [3.8, 4) is 11.5 Å². The maximum absolute atomic E-state index is 13.6. The highest BCUT2D eigenvalue weighted by Crippen LogP contribution is 2.40. The molecule has 6 rings (SSSR count). The Balaban J connectivity index is 1.52. The van der Waals surface area contributed by atoms with E-state index in [0.29, 0.717) is 28.0 Å². The van der Waals surface area contributed by atoms with Crippen molar-refractivity contribution in [2.45, 2.75) is 19.5 Å². The maximum atomic E-state index is 13.6. The van der Waals surface area contributed by atoms with Gasteiger partial charge in [0.15, 0.2) is 16.9 Å². The molecule has 4 aromatic rings. The Hall–Kier alpha value is -3.58. The molecule has 0 fully saturated rings. The summed E-state index contributed by atoms with van der Waals surface area (Å²) < 4.78 is 17.8. The first-order chi connectivity index (χ1) is 16.0. The normalized spacial score (nSPS) is 16.5. The molecule has 0 saturated heterocycles. The largest absolute Gasteiger partial charge is 0.454 e. The van der Waals surface area contributed by atoms with Gasteiger partial charge in [0.2, 0.25) is 12.6 Å². The van der Waals surface area contributed by atoms with Crippen LogP contribution in [0.5, 0.6) is 11.5 Å². The molecule has 0 bridgehead atoms. The molecule has 164 valence electrons. The zero-order valence-corrected chi connectivity index (χ0v) is 19.2. The number of rotatable bonds is 3. The van der Waals surface area contributed by atoms with Gasteiger partial charge in [-0.1, -0.05) is 45.8 Å². The van der Waals surface area contributed by atoms with E-state index in [1.165, 1.54) is 0 Å². The van der Waals surface area contributed by atoms with Gasteiger partial charge in [0.05, 0.1) is 17.0 Å². The van der Waals surface area contributed by atoms with E-state index in [2.05, 4.69) is 15.9 Å². The molecule has 2 aliphatic heterocycles. The minimum atomic E-state index is -0.563. The Morgan fingerprint density at radius 2 is 1.76 bits per heavy atom. The second kappa shape index (κ2) is 7.49. The van der Waals surface area contributed by atoms with Crippen molar-refractivity contribution in [3.63, 3.8) is 0 Å². The first-order valence-electron chi connectivity index (χ1n) is 10.5. The van der Waals surface area contributed by atoms with Crippen LogP contribution in [0.25, 0.3) is 11.0 Å². The monoisotopic (exact) mass is 503 g/mol. The van der Waals surface area contributed by atoms with E-state index in [1.807, 2.05) is 61.5 Å². The van der Waals surface area contributed by atoms with E-state index in [9.17, 15) is 9.59 Å². The van der Waals surface area contributed by atoms with Gasteiger partial charge < -0.3 is 18.8 Å². The Morgan fingerprint density at radius 1 is 0.970 bits per heavy atom. The number of amides is 1. The minimum Gasteiger partial charge on any atom is -0.454 e. The third-order valence-corrected chi connectivity index (χ3v) is 6.63. The molecule has 33 heavy (non-hydrogen) atoms. The third-order valence-electron chi connectivity index (χ3n) is 6.10. The van der Waals surface area contributed by atoms with E-state index >= 15 is 0 Å². The standard InChI is InChI=1S/C26H18BrNO5/c1-14-2-8-19-18(10-14)24(29)22-23(16-4-6-17(27)7-5-16)28(26(30)25(22)33-19)12-15-3-9-20-21(11-15)32-13-31-20/h2-11,23H,12-13H2,1H3/t23-/m0/s1. The van der Waals surface area contributed by atoms with Crippen molar-refractivity contribution in [1.82, 2.24) is 4.90 Å². The maximum Gasteiger partial charge on any atom is 0.291 e. The van der Waals surface area contributed by atoms with E-state index in [4.69, 9.17) is 13.9 Å². The summed E-state index contributed by atoms with van der Waals surface area (Å²) in [5.41, 5.74) is 3.28. The fourth-order valence-electron chi connectivity index (χ4n) is 4.52. The van der Waals surface area contributed by atoms with Crippen LogP contribution < -0.4 is 14.9 Å². The molecule has 0 spiro atoms. The molecular formula is C26H18BrNO5. The van der Waals surface area contributed by atoms with Crippen molar-refractivity contribution in [2.24, 2.45) is 0 Å². The van der Waals surface area contributed by atoms with Crippen LogP contribution in [0.15, 0.2) is 74.3 Å². The van der Waals surface area contributed by atoms with E-state index in [-0.39, 0.29) is 30.4 Å². The molecule has 7 heteroatoms. The lowest BCUT2D eigenvalue weighted by molar-refractivity contribution is 0.0714. The number of ether oxygens (including phenoxy) is 2. The predicted octanol–water partition coefficient (Wildman–Crippen LogP) is 5.34. The van der Waals surface area contributed by atoms with E-state index < -0.39 is 6.04 Å². The number of hydrogen-bond donors (Lipinski definition) is 0. The van der Waals surface area contributed by atoms with E-state index in [0.717, 1.165) is 21.2 Å². The number of fused-ring (bicyclic) bond motifs is 3. The first kappa shape index (κ1) is 20.1. The lowest BCUT2D eigenvalue weighted by Gasteiger charge is -2.25. The van der Waals surface area contributed by atoms with Gasteiger partial charge in [-0.25, -0.2) is 0 Å². The number of aryl methyl sites for hydroxylation is 1. The van der Waals surface area contributed by atoms with Gasteiger partial charge in [-0.2, -0.15) is 0 Å². The second-order valence-electron chi connectivity index (χ2n) is 8.25. The highest BCUT2D eigenvalue weighted by molar-refractivity contribution is 9.10.